The molecule has 0 unspecified atom stereocenters. The van der Waals surface area contributed by atoms with Crippen LogP contribution in [0.15, 0.2) is 151 Å². The summed E-state index contributed by atoms with van der Waals surface area (Å²) in [5.74, 6) is 0.899. The summed E-state index contributed by atoms with van der Waals surface area (Å²) in [7, 11) is 0. The molecule has 2 saturated carbocycles. The van der Waals surface area contributed by atoms with E-state index in [-0.39, 0.29) is 16.7 Å². The molecule has 10 rings (SSSR count). The maximum Gasteiger partial charge on any atom is 0.182 e. The van der Waals surface area contributed by atoms with Crippen molar-refractivity contribution in [3.05, 3.63) is 202 Å². The van der Waals surface area contributed by atoms with Gasteiger partial charge in [-0.15, -0.1) is 0 Å². The molecule has 5 nitrogen and oxygen atoms in total. The minimum atomic E-state index is -0.200. The zero-order valence-corrected chi connectivity index (χ0v) is 30.4. The van der Waals surface area contributed by atoms with E-state index >= 15 is 0 Å². The van der Waals surface area contributed by atoms with Crippen molar-refractivity contribution in [1.29, 1.82) is 0 Å². The number of Topliss-reactive ketones (excluding diaryl/α,β-unsaturated/α-hetero) is 1. The first kappa shape index (κ1) is 33.9. The van der Waals surface area contributed by atoms with E-state index in [2.05, 4.69) is 167 Å². The largest absolute Gasteiger partial charge is 0.411 e. The SMILES string of the molecule is O/N=C(/c1[nH]cc2c1C=CC(c1ccccc1)(c1ccccc1)C2)C1CC1.O=C(c1[nH]cc2c1C=CC(c1ccccc1)(c1ccccc1)C2)C1CCC1. The standard InChI is InChI=1S/C25H23NO.C24H22N2O/c27-24(18-8-7-9-18)23-22-14-15-25(16-19(22)17-26-23,20-10-3-1-4-11-20)21-12-5-2-6-13-21;27-26-22(17-11-12-17)23-21-13-14-24(15-18(21)16-25-23,19-7-3-1-4-8-19)20-9-5-2-6-10-20/h1-6,10-15,17-18,26H,7-9,16H2;1-10,13-14,16-17,25,27H,11-12,15H2/b;26-22+. The minimum absolute atomic E-state index is 0.189. The maximum atomic E-state index is 12.8. The molecule has 4 aliphatic rings. The highest BCUT2D eigenvalue weighted by atomic mass is 16.4. The number of allylic oxidation sites excluding steroid dienone is 2. The number of aromatic nitrogens is 2. The summed E-state index contributed by atoms with van der Waals surface area (Å²) in [6.45, 7) is 0. The summed E-state index contributed by atoms with van der Waals surface area (Å²) in [4.78, 5) is 19.5. The molecule has 0 bridgehead atoms. The maximum absolute atomic E-state index is 12.8. The molecule has 5 heteroatoms. The number of rotatable bonds is 8. The Morgan fingerprint density at radius 1 is 0.556 bits per heavy atom. The topological polar surface area (TPSA) is 81.2 Å². The third-order valence-corrected chi connectivity index (χ3v) is 12.2. The summed E-state index contributed by atoms with van der Waals surface area (Å²) in [5.41, 5.74) is 12.1. The lowest BCUT2D eigenvalue weighted by molar-refractivity contribution is 0.0850. The molecule has 0 aliphatic heterocycles. The number of fused-ring (bicyclic) bond motifs is 2. The van der Waals surface area contributed by atoms with E-state index in [0.717, 1.165) is 66.8 Å². The quantitative estimate of drug-likeness (QED) is 0.0637. The fourth-order valence-electron chi connectivity index (χ4n) is 8.85. The van der Waals surface area contributed by atoms with Gasteiger partial charge in [0.15, 0.2) is 5.78 Å². The number of benzene rings is 4. The third-order valence-electron chi connectivity index (χ3n) is 12.2. The van der Waals surface area contributed by atoms with Crippen LogP contribution >= 0.6 is 0 Å². The lowest BCUT2D eigenvalue weighted by Gasteiger charge is -2.35. The van der Waals surface area contributed by atoms with Crippen molar-refractivity contribution in [3.8, 4) is 0 Å². The summed E-state index contributed by atoms with van der Waals surface area (Å²) >= 11 is 0. The van der Waals surface area contributed by atoms with Gasteiger partial charge < -0.3 is 15.2 Å². The first-order valence-corrected chi connectivity index (χ1v) is 19.4. The van der Waals surface area contributed by atoms with Crippen LogP contribution in [0, 0.1) is 11.8 Å². The number of hydrogen-bond acceptors (Lipinski definition) is 3. The number of nitrogens with one attached hydrogen (secondary N) is 2. The Morgan fingerprint density at radius 3 is 1.33 bits per heavy atom. The number of carbonyl (C=O) groups excluding carboxylic acids is 1. The number of oxime groups is 1. The second-order valence-electron chi connectivity index (χ2n) is 15.4. The van der Waals surface area contributed by atoms with Gasteiger partial charge in [-0.25, -0.2) is 0 Å². The van der Waals surface area contributed by atoms with Crippen LogP contribution in [0.3, 0.4) is 0 Å². The molecule has 0 saturated heterocycles. The van der Waals surface area contributed by atoms with Gasteiger partial charge in [-0.2, -0.15) is 0 Å². The summed E-state index contributed by atoms with van der Waals surface area (Å²) in [6, 6.07) is 42.7. The van der Waals surface area contributed by atoms with Crippen molar-refractivity contribution in [1.82, 2.24) is 9.97 Å². The summed E-state index contributed by atoms with van der Waals surface area (Å²) < 4.78 is 0. The molecule has 4 aromatic carbocycles. The van der Waals surface area contributed by atoms with Crippen molar-refractivity contribution in [2.45, 2.75) is 55.8 Å². The van der Waals surface area contributed by atoms with Gasteiger partial charge in [0, 0.05) is 46.2 Å². The molecule has 3 N–H and O–H groups in total. The van der Waals surface area contributed by atoms with Crippen LogP contribution in [-0.2, 0) is 23.7 Å². The van der Waals surface area contributed by atoms with Gasteiger partial charge in [0.1, 0.15) is 5.71 Å². The molecule has 54 heavy (non-hydrogen) atoms. The van der Waals surface area contributed by atoms with Gasteiger partial charge in [-0.3, -0.25) is 4.79 Å². The summed E-state index contributed by atoms with van der Waals surface area (Å²) in [5, 5.41) is 13.1. The smallest absolute Gasteiger partial charge is 0.182 e. The molecule has 0 amide bonds. The van der Waals surface area contributed by atoms with E-state index < -0.39 is 0 Å². The molecular weight excluding hydrogens is 663 g/mol. The van der Waals surface area contributed by atoms with E-state index in [4.69, 9.17) is 0 Å². The number of H-pyrrole nitrogens is 2. The van der Waals surface area contributed by atoms with Crippen molar-refractivity contribution in [3.63, 3.8) is 0 Å². The predicted octanol–water partition coefficient (Wildman–Crippen LogP) is 10.7. The van der Waals surface area contributed by atoms with Crippen LogP contribution in [0.4, 0.5) is 0 Å². The van der Waals surface area contributed by atoms with E-state index in [1.165, 1.54) is 39.8 Å². The summed E-state index contributed by atoms with van der Waals surface area (Å²) in [6.07, 6.45) is 20.3. The van der Waals surface area contributed by atoms with E-state index in [1.54, 1.807) is 0 Å². The van der Waals surface area contributed by atoms with Crippen LogP contribution in [0.25, 0.3) is 12.2 Å². The monoisotopic (exact) mass is 707 g/mol. The Morgan fingerprint density at radius 2 is 0.963 bits per heavy atom. The number of hydrogen-bond donors (Lipinski definition) is 3. The van der Waals surface area contributed by atoms with Gasteiger partial charge in [0.05, 0.1) is 11.4 Å². The molecule has 2 fully saturated rings. The van der Waals surface area contributed by atoms with Gasteiger partial charge in [-0.1, -0.05) is 157 Å². The fraction of sp³-hybridized carbons (Fsp3) is 0.224. The molecule has 4 aliphatic carbocycles. The van der Waals surface area contributed by atoms with Crippen LogP contribution < -0.4 is 0 Å². The zero-order valence-electron chi connectivity index (χ0n) is 30.4. The van der Waals surface area contributed by atoms with Crippen molar-refractivity contribution in [2.24, 2.45) is 17.0 Å². The van der Waals surface area contributed by atoms with Gasteiger partial charge in [-0.05, 0) is 71.9 Å². The van der Waals surface area contributed by atoms with Gasteiger partial charge in [0.25, 0.3) is 0 Å². The number of ketones is 1. The minimum Gasteiger partial charge on any atom is -0.411 e. The van der Waals surface area contributed by atoms with Crippen LogP contribution in [0.2, 0.25) is 0 Å². The molecule has 0 atom stereocenters. The Labute approximate surface area is 317 Å². The molecule has 6 aromatic rings. The number of aromatic amines is 2. The van der Waals surface area contributed by atoms with Gasteiger partial charge in [0.2, 0.25) is 0 Å². The second-order valence-corrected chi connectivity index (χ2v) is 15.4. The molecule has 2 heterocycles. The Hall–Kier alpha value is -5.94. The first-order valence-electron chi connectivity index (χ1n) is 19.4. The highest BCUT2D eigenvalue weighted by Gasteiger charge is 2.39. The van der Waals surface area contributed by atoms with Gasteiger partial charge >= 0.3 is 0 Å². The lowest BCUT2D eigenvalue weighted by atomic mass is 9.67. The number of nitrogens with zero attached hydrogens (tertiary/aromatic N) is 1. The Bertz CT molecular complexity index is 2260. The van der Waals surface area contributed by atoms with Crippen molar-refractivity contribution < 1.29 is 10.0 Å². The molecule has 2 aromatic heterocycles. The normalized spacial score (nSPS) is 18.1. The lowest BCUT2D eigenvalue weighted by Crippen LogP contribution is -2.30. The average molecular weight is 708 g/mol. The van der Waals surface area contributed by atoms with E-state index in [0.29, 0.717) is 11.7 Å². The molecule has 268 valence electrons. The number of carbonyl (C=O) groups is 1. The Balaban J connectivity index is 0.000000142. The highest BCUT2D eigenvalue weighted by molar-refractivity contribution is 6.05. The first-order chi connectivity index (χ1) is 26.6. The van der Waals surface area contributed by atoms with Crippen LogP contribution in [0.1, 0.15) is 92.8 Å². The molecular formula is C49H45N3O2. The van der Waals surface area contributed by atoms with E-state index in [9.17, 15) is 10.0 Å². The van der Waals surface area contributed by atoms with Crippen molar-refractivity contribution in [2.75, 3.05) is 0 Å². The highest BCUT2D eigenvalue weighted by Crippen LogP contribution is 2.45. The van der Waals surface area contributed by atoms with Crippen molar-refractivity contribution >= 4 is 23.6 Å². The van der Waals surface area contributed by atoms with E-state index in [1.807, 2.05) is 6.20 Å². The Kier molecular flexibility index (Phi) is 8.86. The zero-order chi connectivity index (χ0) is 36.5. The second kappa shape index (κ2) is 14.1. The fourth-order valence-corrected chi connectivity index (χ4v) is 8.85. The predicted molar refractivity (Wildman–Crippen MR) is 217 cm³/mol. The third kappa shape index (κ3) is 5.98. The van der Waals surface area contributed by atoms with Crippen LogP contribution in [0.5, 0.6) is 0 Å². The molecule has 0 spiro atoms. The molecule has 0 radical (unpaired) electrons. The average Bonchev–Trinajstić information content (AvgIpc) is 3.84. The van der Waals surface area contributed by atoms with Crippen LogP contribution in [-0.4, -0.2) is 26.7 Å².